The van der Waals surface area contributed by atoms with Crippen LogP contribution in [0.3, 0.4) is 0 Å². The highest BCUT2D eigenvalue weighted by molar-refractivity contribution is 6.34. The lowest BCUT2D eigenvalue weighted by atomic mass is 10.0. The summed E-state index contributed by atoms with van der Waals surface area (Å²) >= 11 is 6.46. The molecule has 0 aliphatic carbocycles. The molecule has 0 radical (unpaired) electrons. The van der Waals surface area contributed by atoms with Gasteiger partial charge >= 0.3 is 12.1 Å². The van der Waals surface area contributed by atoms with Crippen LogP contribution >= 0.6 is 11.6 Å². The zero-order valence-corrected chi connectivity index (χ0v) is 23.3. The summed E-state index contributed by atoms with van der Waals surface area (Å²) in [5.74, 6) is -1.31. The highest BCUT2D eigenvalue weighted by atomic mass is 35.5. The zero-order chi connectivity index (χ0) is 30.6. The normalized spacial score (nSPS) is 11.6. The van der Waals surface area contributed by atoms with Gasteiger partial charge in [-0.05, 0) is 61.0 Å². The smallest absolute Gasteiger partial charge is 0.416 e. The fourth-order valence-electron chi connectivity index (χ4n) is 4.42. The minimum Gasteiger partial charge on any atom is -0.490 e. The maximum atomic E-state index is 13.2. The molecule has 1 heterocycles. The van der Waals surface area contributed by atoms with Crippen molar-refractivity contribution in [2.75, 3.05) is 6.61 Å². The number of aromatic nitrogens is 1. The molecule has 4 aromatic carbocycles. The second-order valence-electron chi connectivity index (χ2n) is 9.21. The van der Waals surface area contributed by atoms with E-state index in [9.17, 15) is 22.8 Å². The number of halogens is 4. The van der Waals surface area contributed by atoms with Crippen LogP contribution in [0.5, 0.6) is 11.5 Å². The number of alkyl halides is 3. The lowest BCUT2D eigenvalue weighted by Crippen LogP contribution is -2.19. The van der Waals surface area contributed by atoms with Crippen molar-refractivity contribution in [2.45, 2.75) is 13.1 Å². The van der Waals surface area contributed by atoms with Crippen molar-refractivity contribution in [3.05, 3.63) is 118 Å². The molecule has 5 rings (SSSR count). The number of carbonyl (C=O) groups is 2. The van der Waals surface area contributed by atoms with Crippen molar-refractivity contribution in [1.29, 1.82) is 0 Å². The Morgan fingerprint density at radius 1 is 0.953 bits per heavy atom. The van der Waals surface area contributed by atoms with E-state index in [0.717, 1.165) is 29.1 Å². The predicted octanol–water partition coefficient (Wildman–Crippen LogP) is 7.89. The van der Waals surface area contributed by atoms with Crippen molar-refractivity contribution in [3.63, 3.8) is 0 Å². The monoisotopic (exact) mass is 605 g/mol. The summed E-state index contributed by atoms with van der Waals surface area (Å²) in [6.45, 7) is 1.94. The number of ether oxygens (including phenoxy) is 2. The second-order valence-corrected chi connectivity index (χ2v) is 9.61. The highest BCUT2D eigenvalue weighted by Gasteiger charge is 2.31. The van der Waals surface area contributed by atoms with E-state index in [1.807, 2.05) is 36.4 Å². The fourth-order valence-corrected chi connectivity index (χ4v) is 4.65. The Kier molecular flexibility index (Phi) is 8.49. The second kappa shape index (κ2) is 12.4. The number of esters is 1. The molecule has 0 saturated heterocycles. The number of hydrazone groups is 1. The van der Waals surface area contributed by atoms with Gasteiger partial charge in [-0.1, -0.05) is 54.1 Å². The van der Waals surface area contributed by atoms with E-state index in [0.29, 0.717) is 21.7 Å². The van der Waals surface area contributed by atoms with Gasteiger partial charge in [0, 0.05) is 27.1 Å². The van der Waals surface area contributed by atoms with E-state index in [-0.39, 0.29) is 29.4 Å². The molecule has 5 aromatic rings. The number of rotatable bonds is 8. The van der Waals surface area contributed by atoms with Crippen molar-refractivity contribution in [1.82, 2.24) is 10.4 Å². The number of H-pyrrole nitrogens is 1. The molecule has 2 N–H and O–H groups in total. The zero-order valence-electron chi connectivity index (χ0n) is 22.5. The van der Waals surface area contributed by atoms with Crippen LogP contribution in [0.1, 0.15) is 38.9 Å². The average molecular weight is 606 g/mol. The van der Waals surface area contributed by atoms with E-state index < -0.39 is 23.6 Å². The number of para-hydroxylation sites is 1. The molecule has 0 atom stereocenters. The van der Waals surface area contributed by atoms with Gasteiger partial charge in [0.1, 0.15) is 5.69 Å². The van der Waals surface area contributed by atoms with Crippen LogP contribution in [0.15, 0.2) is 96.1 Å². The summed E-state index contributed by atoms with van der Waals surface area (Å²) in [6.07, 6.45) is -3.23. The summed E-state index contributed by atoms with van der Waals surface area (Å²) < 4.78 is 50.1. The summed E-state index contributed by atoms with van der Waals surface area (Å²) in [6, 6.07) is 23.1. The minimum atomic E-state index is -4.60. The first kappa shape index (κ1) is 29.4. The SMILES string of the molecule is CCOc1cc(C=NNC(=O)c2[nH]c3ccccc3c2-c2ccccc2Cl)ccc1OC(=O)c1cccc(C(F)(F)F)c1. The van der Waals surface area contributed by atoms with Gasteiger partial charge in [0.2, 0.25) is 0 Å². The van der Waals surface area contributed by atoms with Crippen molar-refractivity contribution < 1.29 is 32.2 Å². The third-order valence-corrected chi connectivity index (χ3v) is 6.68. The Labute approximate surface area is 248 Å². The number of nitrogens with one attached hydrogen (secondary N) is 2. The van der Waals surface area contributed by atoms with E-state index in [2.05, 4.69) is 15.5 Å². The largest absolute Gasteiger partial charge is 0.490 e. The number of carbonyl (C=O) groups excluding carboxylic acids is 2. The van der Waals surface area contributed by atoms with Crippen LogP contribution in [0.2, 0.25) is 5.02 Å². The van der Waals surface area contributed by atoms with Crippen molar-refractivity contribution in [2.24, 2.45) is 5.10 Å². The number of nitrogens with zero attached hydrogens (tertiary/aromatic N) is 1. The Balaban J connectivity index is 1.35. The van der Waals surface area contributed by atoms with Gasteiger partial charge in [0.25, 0.3) is 5.91 Å². The molecular weight excluding hydrogens is 583 g/mol. The third-order valence-electron chi connectivity index (χ3n) is 6.35. The van der Waals surface area contributed by atoms with Crippen LogP contribution in [-0.2, 0) is 6.18 Å². The Morgan fingerprint density at radius 2 is 1.72 bits per heavy atom. The van der Waals surface area contributed by atoms with E-state index >= 15 is 0 Å². The number of hydrogen-bond acceptors (Lipinski definition) is 5. The van der Waals surface area contributed by atoms with E-state index in [1.54, 1.807) is 25.1 Å². The van der Waals surface area contributed by atoms with Crippen LogP contribution in [0.25, 0.3) is 22.0 Å². The quantitative estimate of drug-likeness (QED) is 0.0814. The minimum absolute atomic E-state index is 0.00732. The Morgan fingerprint density at radius 3 is 2.49 bits per heavy atom. The Hall–Kier alpha value is -5.09. The van der Waals surface area contributed by atoms with Gasteiger partial charge < -0.3 is 14.5 Å². The van der Waals surface area contributed by atoms with E-state index in [4.69, 9.17) is 21.1 Å². The van der Waals surface area contributed by atoms with Gasteiger partial charge in [0.15, 0.2) is 11.5 Å². The van der Waals surface area contributed by atoms with E-state index in [1.165, 1.54) is 24.4 Å². The number of fused-ring (bicyclic) bond motifs is 1. The number of aromatic amines is 1. The third kappa shape index (κ3) is 6.54. The maximum Gasteiger partial charge on any atom is 0.416 e. The van der Waals surface area contributed by atoms with Crippen LogP contribution in [-0.4, -0.2) is 29.7 Å². The number of hydrogen-bond donors (Lipinski definition) is 2. The number of amides is 1. The summed E-state index contributed by atoms with van der Waals surface area (Å²) in [5.41, 5.74) is 4.13. The molecule has 0 aliphatic rings. The molecule has 0 spiro atoms. The van der Waals surface area contributed by atoms with Crippen LogP contribution < -0.4 is 14.9 Å². The van der Waals surface area contributed by atoms with Gasteiger partial charge in [-0.2, -0.15) is 18.3 Å². The molecule has 1 amide bonds. The first-order valence-corrected chi connectivity index (χ1v) is 13.4. The topological polar surface area (TPSA) is 92.8 Å². The van der Waals surface area contributed by atoms with Gasteiger partial charge in [-0.15, -0.1) is 0 Å². The standard InChI is InChI=1S/C32H23ClF3N3O4/c1-2-42-27-16-19(14-15-26(27)43-31(41)20-8-7-9-21(17-20)32(34,35)36)18-37-39-30(40)29-28(22-10-3-5-12-24(22)33)23-11-4-6-13-25(23)38-29/h3-18,38H,2H2,1H3,(H,39,40). The molecule has 11 heteroatoms. The summed E-state index contributed by atoms with van der Waals surface area (Å²) in [7, 11) is 0. The summed E-state index contributed by atoms with van der Waals surface area (Å²) in [4.78, 5) is 29.0. The Bertz CT molecular complexity index is 1850. The molecule has 43 heavy (non-hydrogen) atoms. The first-order valence-electron chi connectivity index (χ1n) is 13.0. The van der Waals surface area contributed by atoms with Crippen molar-refractivity contribution in [3.8, 4) is 22.6 Å². The average Bonchev–Trinajstić information content (AvgIpc) is 3.38. The molecule has 218 valence electrons. The molecule has 1 aromatic heterocycles. The molecule has 0 bridgehead atoms. The fraction of sp³-hybridized carbons (Fsp3) is 0.0938. The first-order chi connectivity index (χ1) is 20.7. The van der Waals surface area contributed by atoms with Gasteiger partial charge in [-0.3, -0.25) is 4.79 Å². The molecule has 0 aliphatic heterocycles. The molecule has 0 unspecified atom stereocenters. The van der Waals surface area contributed by atoms with Crippen molar-refractivity contribution >= 4 is 40.6 Å². The molecule has 0 saturated carbocycles. The lowest BCUT2D eigenvalue weighted by molar-refractivity contribution is -0.137. The predicted molar refractivity (Wildman–Crippen MR) is 158 cm³/mol. The maximum absolute atomic E-state index is 13.2. The molecular formula is C32H23ClF3N3O4. The lowest BCUT2D eigenvalue weighted by Gasteiger charge is -2.12. The number of benzene rings is 4. The van der Waals surface area contributed by atoms with Gasteiger partial charge in [-0.25, -0.2) is 10.2 Å². The van der Waals surface area contributed by atoms with Crippen LogP contribution in [0.4, 0.5) is 13.2 Å². The molecule has 7 nitrogen and oxygen atoms in total. The summed E-state index contributed by atoms with van der Waals surface area (Å²) in [5, 5.41) is 5.38. The van der Waals surface area contributed by atoms with Crippen LogP contribution in [0, 0.1) is 0 Å². The molecule has 0 fully saturated rings. The highest BCUT2D eigenvalue weighted by Crippen LogP contribution is 2.37. The van der Waals surface area contributed by atoms with Gasteiger partial charge in [0.05, 0.1) is 23.9 Å².